The summed E-state index contributed by atoms with van der Waals surface area (Å²) >= 11 is 6.50. The first-order chi connectivity index (χ1) is 16.3. The maximum absolute atomic E-state index is 13.7. The van der Waals surface area contributed by atoms with Crippen LogP contribution in [-0.4, -0.2) is 44.7 Å². The number of aromatic nitrogens is 5. The van der Waals surface area contributed by atoms with E-state index in [0.717, 1.165) is 12.8 Å². The van der Waals surface area contributed by atoms with Crippen LogP contribution in [-0.2, 0) is 15.6 Å². The molecule has 1 aliphatic carbocycles. The van der Waals surface area contributed by atoms with E-state index in [-0.39, 0.29) is 22.1 Å². The van der Waals surface area contributed by atoms with Crippen molar-refractivity contribution in [3.8, 4) is 16.9 Å². The first-order valence-corrected chi connectivity index (χ1v) is 12.4. The summed E-state index contributed by atoms with van der Waals surface area (Å²) in [6.45, 7) is 0. The van der Waals surface area contributed by atoms with Crippen molar-refractivity contribution in [2.45, 2.75) is 29.4 Å². The van der Waals surface area contributed by atoms with Gasteiger partial charge in [0.05, 0.1) is 32.6 Å². The number of hydrogen-bond donors (Lipinski definition) is 1. The van der Waals surface area contributed by atoms with Crippen molar-refractivity contribution >= 4 is 27.4 Å². The van der Waals surface area contributed by atoms with Crippen molar-refractivity contribution in [3.63, 3.8) is 0 Å². The van der Waals surface area contributed by atoms with Gasteiger partial charge in [0.2, 0.25) is 0 Å². The molecule has 34 heavy (non-hydrogen) atoms. The number of sulfone groups is 1. The third-order valence-electron chi connectivity index (χ3n) is 5.67. The van der Waals surface area contributed by atoms with Crippen LogP contribution in [0.15, 0.2) is 66.0 Å². The summed E-state index contributed by atoms with van der Waals surface area (Å²) in [5.74, 6) is -1.45. The molecule has 172 valence electrons. The monoisotopic (exact) mass is 495 g/mol. The predicted molar refractivity (Wildman–Crippen MR) is 124 cm³/mol. The van der Waals surface area contributed by atoms with E-state index in [1.165, 1.54) is 23.1 Å². The van der Waals surface area contributed by atoms with Crippen molar-refractivity contribution in [2.75, 3.05) is 0 Å². The first-order valence-electron chi connectivity index (χ1n) is 10.4. The molecule has 0 amide bonds. The predicted octanol–water partition coefficient (Wildman–Crippen LogP) is 3.93. The van der Waals surface area contributed by atoms with E-state index in [4.69, 9.17) is 11.6 Å². The lowest BCUT2D eigenvalue weighted by Crippen LogP contribution is -2.11. The molecule has 0 unspecified atom stereocenters. The molecule has 5 rings (SSSR count). The number of aromatic carboxylic acids is 1. The molecule has 1 aliphatic rings. The highest BCUT2D eigenvalue weighted by molar-refractivity contribution is 7.90. The van der Waals surface area contributed by atoms with E-state index in [2.05, 4.69) is 20.5 Å². The van der Waals surface area contributed by atoms with Gasteiger partial charge in [-0.3, -0.25) is 4.98 Å². The van der Waals surface area contributed by atoms with Gasteiger partial charge in [-0.1, -0.05) is 23.7 Å². The molecule has 11 heteroatoms. The quantitative estimate of drug-likeness (QED) is 0.408. The molecule has 0 spiro atoms. The van der Waals surface area contributed by atoms with Crippen LogP contribution in [0.1, 0.15) is 40.2 Å². The maximum atomic E-state index is 13.7. The number of pyridine rings is 1. The smallest absolute Gasteiger partial charge is 0.335 e. The molecule has 2 aromatic heterocycles. The maximum Gasteiger partial charge on any atom is 0.335 e. The molecule has 0 saturated heterocycles. The second-order valence-corrected chi connectivity index (χ2v) is 10.4. The highest BCUT2D eigenvalue weighted by Gasteiger charge is 2.32. The Kier molecular flexibility index (Phi) is 5.62. The Balaban J connectivity index is 1.66. The molecular formula is C23H18ClN5O4S. The third-order valence-corrected chi connectivity index (χ3v) is 7.69. The second kappa shape index (κ2) is 8.62. The third kappa shape index (κ3) is 4.29. The van der Waals surface area contributed by atoms with Gasteiger partial charge in [0, 0.05) is 11.8 Å². The summed E-state index contributed by atoms with van der Waals surface area (Å²) in [5, 5.41) is 20.9. The van der Waals surface area contributed by atoms with Gasteiger partial charge in [0.25, 0.3) is 0 Å². The van der Waals surface area contributed by atoms with Crippen molar-refractivity contribution in [2.24, 2.45) is 0 Å². The summed E-state index contributed by atoms with van der Waals surface area (Å²) in [6.07, 6.45) is 4.72. The van der Waals surface area contributed by atoms with Gasteiger partial charge in [0.1, 0.15) is 6.33 Å². The summed E-state index contributed by atoms with van der Waals surface area (Å²) < 4.78 is 28.8. The molecule has 1 N–H and O–H groups in total. The summed E-state index contributed by atoms with van der Waals surface area (Å²) in [5.41, 5.74) is 2.54. The number of nitrogens with zero attached hydrogens (tertiary/aromatic N) is 5. The molecule has 0 bridgehead atoms. The lowest BCUT2D eigenvalue weighted by atomic mass is 10.0. The number of carboxylic acid groups (broad SMARTS) is 1. The van der Waals surface area contributed by atoms with Crippen molar-refractivity contribution in [1.82, 2.24) is 25.2 Å². The fourth-order valence-electron chi connectivity index (χ4n) is 3.88. The van der Waals surface area contributed by atoms with E-state index in [1.54, 1.807) is 42.6 Å². The van der Waals surface area contributed by atoms with Crippen molar-refractivity contribution in [3.05, 3.63) is 82.8 Å². The number of carboxylic acids is 1. The highest BCUT2D eigenvalue weighted by Crippen LogP contribution is 2.44. The number of rotatable bonds is 7. The van der Waals surface area contributed by atoms with Gasteiger partial charge < -0.3 is 5.11 Å². The van der Waals surface area contributed by atoms with Crippen molar-refractivity contribution < 1.29 is 18.3 Å². The summed E-state index contributed by atoms with van der Waals surface area (Å²) in [4.78, 5) is 16.0. The lowest BCUT2D eigenvalue weighted by Gasteiger charge is -2.15. The number of halogens is 1. The number of hydrogen-bond acceptors (Lipinski definition) is 7. The molecule has 2 heterocycles. The Morgan fingerprint density at radius 3 is 2.62 bits per heavy atom. The first kappa shape index (κ1) is 22.2. The zero-order valence-electron chi connectivity index (χ0n) is 17.7. The molecule has 2 aromatic carbocycles. The Hall–Kier alpha value is -3.63. The lowest BCUT2D eigenvalue weighted by molar-refractivity contribution is 0.0696. The van der Waals surface area contributed by atoms with Gasteiger partial charge in [-0.25, -0.2) is 13.2 Å². The van der Waals surface area contributed by atoms with Crippen LogP contribution in [0, 0.1) is 0 Å². The van der Waals surface area contributed by atoms with E-state index < -0.39 is 15.8 Å². The van der Waals surface area contributed by atoms with E-state index in [0.29, 0.717) is 33.1 Å². The van der Waals surface area contributed by atoms with Gasteiger partial charge in [0.15, 0.2) is 9.84 Å². The van der Waals surface area contributed by atoms with Gasteiger partial charge in [-0.05, 0) is 76.7 Å². The van der Waals surface area contributed by atoms with Crippen LogP contribution >= 0.6 is 11.6 Å². The fourth-order valence-corrected chi connectivity index (χ4v) is 5.84. The molecule has 1 fully saturated rings. The molecule has 1 saturated carbocycles. The van der Waals surface area contributed by atoms with Crippen LogP contribution < -0.4 is 0 Å². The number of carbonyl (C=O) groups is 1. The largest absolute Gasteiger partial charge is 0.478 e. The van der Waals surface area contributed by atoms with E-state index in [1.807, 2.05) is 0 Å². The topological polar surface area (TPSA) is 128 Å². The molecule has 4 aromatic rings. The van der Waals surface area contributed by atoms with Crippen LogP contribution in [0.3, 0.4) is 0 Å². The minimum atomic E-state index is -3.93. The standard InChI is InChI=1S/C23H18ClN5O4S/c24-19-11-18(20-3-1-2-8-25-20)16(9-21(19)29-13-26-27-28-29)12-34(32,33)22-10-15(23(30)31)6-7-17(22)14-4-5-14/h1-3,6-11,13-14H,4-5,12H2,(H,30,31). The van der Waals surface area contributed by atoms with Gasteiger partial charge in [-0.15, -0.1) is 5.10 Å². The SMILES string of the molecule is O=C(O)c1ccc(C2CC2)c(S(=O)(=O)Cc2cc(-n3cnnn3)c(Cl)cc2-c2ccccn2)c1. The van der Waals surface area contributed by atoms with Crippen molar-refractivity contribution in [1.29, 1.82) is 0 Å². The minimum absolute atomic E-state index is 0.0424. The average Bonchev–Trinajstić information content (AvgIpc) is 3.53. The number of tetrazole rings is 1. The Bertz CT molecular complexity index is 1490. The van der Waals surface area contributed by atoms with Crippen LogP contribution in [0.2, 0.25) is 5.02 Å². The van der Waals surface area contributed by atoms with Gasteiger partial charge >= 0.3 is 5.97 Å². The molecule has 9 nitrogen and oxygen atoms in total. The van der Waals surface area contributed by atoms with Crippen LogP contribution in [0.4, 0.5) is 0 Å². The fraction of sp³-hybridized carbons (Fsp3) is 0.174. The Morgan fingerprint density at radius 1 is 1.15 bits per heavy atom. The Morgan fingerprint density at radius 2 is 1.97 bits per heavy atom. The summed E-state index contributed by atoms with van der Waals surface area (Å²) in [7, 11) is -3.93. The Labute approximate surface area is 200 Å². The average molecular weight is 496 g/mol. The summed E-state index contributed by atoms with van der Waals surface area (Å²) in [6, 6.07) is 12.9. The molecule has 0 radical (unpaired) electrons. The number of benzene rings is 2. The van der Waals surface area contributed by atoms with E-state index >= 15 is 0 Å². The van der Waals surface area contributed by atoms with Crippen LogP contribution in [0.25, 0.3) is 16.9 Å². The molecule has 0 aliphatic heterocycles. The molecule has 0 atom stereocenters. The van der Waals surface area contributed by atoms with E-state index in [9.17, 15) is 18.3 Å². The van der Waals surface area contributed by atoms with Gasteiger partial charge in [-0.2, -0.15) is 4.68 Å². The zero-order chi connectivity index (χ0) is 23.9. The highest BCUT2D eigenvalue weighted by atomic mass is 35.5. The second-order valence-electron chi connectivity index (χ2n) is 8.02. The zero-order valence-corrected chi connectivity index (χ0v) is 19.2. The molecular weight excluding hydrogens is 478 g/mol. The normalized spacial score (nSPS) is 13.7. The van der Waals surface area contributed by atoms with Crippen LogP contribution in [0.5, 0.6) is 0 Å². The minimum Gasteiger partial charge on any atom is -0.478 e.